The maximum atomic E-state index is 12.3. The second kappa shape index (κ2) is 7.77. The average molecular weight is 367 g/mol. The van der Waals surface area contributed by atoms with Crippen LogP contribution < -0.4 is 10.6 Å². The van der Waals surface area contributed by atoms with E-state index >= 15 is 0 Å². The first-order valence-electron chi connectivity index (χ1n) is 7.83. The zero-order chi connectivity index (χ0) is 16.1. The van der Waals surface area contributed by atoms with E-state index in [0.29, 0.717) is 0 Å². The molecule has 0 bridgehead atoms. The number of hydrogen-bond donors (Lipinski definition) is 2. The fourth-order valence-corrected chi connectivity index (χ4v) is 3.20. The molecule has 1 aromatic rings. The Bertz CT molecular complexity index is 537. The molecule has 0 radical (unpaired) electrons. The van der Waals surface area contributed by atoms with E-state index in [1.165, 1.54) is 0 Å². The van der Waals surface area contributed by atoms with E-state index in [2.05, 4.69) is 26.6 Å². The van der Waals surface area contributed by atoms with Gasteiger partial charge < -0.3 is 10.6 Å². The van der Waals surface area contributed by atoms with Crippen LogP contribution in [0.4, 0.5) is 5.69 Å². The number of nitrogens with one attached hydrogen (secondary N) is 2. The van der Waals surface area contributed by atoms with Gasteiger partial charge in [0.05, 0.1) is 5.69 Å². The van der Waals surface area contributed by atoms with E-state index in [1.54, 1.807) is 0 Å². The second-order valence-corrected chi connectivity index (χ2v) is 7.04. The van der Waals surface area contributed by atoms with Crippen molar-refractivity contribution in [2.75, 3.05) is 5.32 Å². The minimum Gasteiger partial charge on any atom is -0.354 e. The molecule has 22 heavy (non-hydrogen) atoms. The van der Waals surface area contributed by atoms with Crippen LogP contribution in [0.1, 0.15) is 39.5 Å². The molecule has 1 saturated carbocycles. The lowest BCUT2D eigenvalue weighted by Crippen LogP contribution is -2.38. The summed E-state index contributed by atoms with van der Waals surface area (Å²) in [5, 5.41) is 5.93. The van der Waals surface area contributed by atoms with Gasteiger partial charge in [-0.2, -0.15) is 0 Å². The van der Waals surface area contributed by atoms with Crippen molar-refractivity contribution < 1.29 is 9.59 Å². The smallest absolute Gasteiger partial charge is 0.227 e. The molecule has 0 atom stereocenters. The van der Waals surface area contributed by atoms with Crippen molar-refractivity contribution in [2.24, 2.45) is 11.8 Å². The Hall–Kier alpha value is -1.36. The van der Waals surface area contributed by atoms with Crippen molar-refractivity contribution in [1.82, 2.24) is 5.32 Å². The molecule has 120 valence electrons. The zero-order valence-corrected chi connectivity index (χ0v) is 14.7. The molecule has 1 fully saturated rings. The number of anilines is 1. The van der Waals surface area contributed by atoms with Crippen LogP contribution in [0, 0.1) is 11.8 Å². The SMILES string of the molecule is CC(C)NC(=O)C1CCC(C(=O)Nc2ccccc2Br)CC1. The quantitative estimate of drug-likeness (QED) is 0.852. The highest BCUT2D eigenvalue weighted by molar-refractivity contribution is 9.10. The van der Waals surface area contributed by atoms with E-state index in [1.807, 2.05) is 38.1 Å². The summed E-state index contributed by atoms with van der Waals surface area (Å²) in [5.74, 6) is 0.222. The topological polar surface area (TPSA) is 58.2 Å². The Morgan fingerprint density at radius 2 is 1.59 bits per heavy atom. The van der Waals surface area contributed by atoms with Crippen molar-refractivity contribution >= 4 is 33.4 Å². The van der Waals surface area contributed by atoms with E-state index in [4.69, 9.17) is 0 Å². The van der Waals surface area contributed by atoms with E-state index in [-0.39, 0.29) is 29.7 Å². The van der Waals surface area contributed by atoms with Crippen molar-refractivity contribution in [3.8, 4) is 0 Å². The Morgan fingerprint density at radius 3 is 2.14 bits per heavy atom. The first-order valence-corrected chi connectivity index (χ1v) is 8.62. The Morgan fingerprint density at radius 1 is 1.05 bits per heavy atom. The van der Waals surface area contributed by atoms with Crippen LogP contribution >= 0.6 is 15.9 Å². The summed E-state index contributed by atoms with van der Waals surface area (Å²) in [6.07, 6.45) is 3.11. The molecule has 5 heteroatoms. The molecule has 0 spiro atoms. The number of carbonyl (C=O) groups excluding carboxylic acids is 2. The van der Waals surface area contributed by atoms with Crippen molar-refractivity contribution in [2.45, 2.75) is 45.6 Å². The average Bonchev–Trinajstić information content (AvgIpc) is 2.49. The van der Waals surface area contributed by atoms with Crippen LogP contribution in [0.5, 0.6) is 0 Å². The molecule has 2 amide bonds. The minimum absolute atomic E-state index is 0.00444. The minimum atomic E-state index is -0.00444. The molecular formula is C17H23BrN2O2. The molecule has 4 nitrogen and oxygen atoms in total. The van der Waals surface area contributed by atoms with Crippen molar-refractivity contribution in [3.05, 3.63) is 28.7 Å². The molecule has 0 unspecified atom stereocenters. The fourth-order valence-electron chi connectivity index (χ4n) is 2.82. The van der Waals surface area contributed by atoms with Gasteiger partial charge in [-0.3, -0.25) is 9.59 Å². The van der Waals surface area contributed by atoms with E-state index in [0.717, 1.165) is 35.8 Å². The normalized spacial score (nSPS) is 21.5. The molecule has 0 aliphatic heterocycles. The van der Waals surface area contributed by atoms with Crippen molar-refractivity contribution in [1.29, 1.82) is 0 Å². The summed E-state index contributed by atoms with van der Waals surface area (Å²) < 4.78 is 0.883. The highest BCUT2D eigenvalue weighted by atomic mass is 79.9. The third-order valence-corrected chi connectivity index (χ3v) is 4.72. The Balaban J connectivity index is 1.85. The van der Waals surface area contributed by atoms with E-state index in [9.17, 15) is 9.59 Å². The number of amides is 2. The summed E-state index contributed by atoms with van der Waals surface area (Å²) in [7, 11) is 0. The monoisotopic (exact) mass is 366 g/mol. The van der Waals surface area contributed by atoms with Crippen LogP contribution in [0.2, 0.25) is 0 Å². The molecule has 0 aromatic heterocycles. The van der Waals surface area contributed by atoms with Gasteiger partial charge in [0.25, 0.3) is 0 Å². The number of benzene rings is 1. The van der Waals surface area contributed by atoms with Gasteiger partial charge >= 0.3 is 0 Å². The Labute approximate surface area is 140 Å². The van der Waals surface area contributed by atoms with Gasteiger partial charge in [0.2, 0.25) is 11.8 Å². The summed E-state index contributed by atoms with van der Waals surface area (Å²) in [6, 6.07) is 7.77. The van der Waals surface area contributed by atoms with Gasteiger partial charge in [-0.25, -0.2) is 0 Å². The predicted molar refractivity (Wildman–Crippen MR) is 91.5 cm³/mol. The first kappa shape index (κ1) is 17.0. The molecule has 0 heterocycles. The largest absolute Gasteiger partial charge is 0.354 e. The number of para-hydroxylation sites is 1. The molecule has 1 aromatic carbocycles. The fraction of sp³-hybridized carbons (Fsp3) is 0.529. The number of halogens is 1. The van der Waals surface area contributed by atoms with Crippen LogP contribution in [0.15, 0.2) is 28.7 Å². The lowest BCUT2D eigenvalue weighted by Gasteiger charge is -2.27. The maximum Gasteiger partial charge on any atom is 0.227 e. The lowest BCUT2D eigenvalue weighted by molar-refractivity contribution is -0.128. The van der Waals surface area contributed by atoms with Crippen molar-refractivity contribution in [3.63, 3.8) is 0 Å². The summed E-state index contributed by atoms with van der Waals surface area (Å²) in [4.78, 5) is 24.3. The van der Waals surface area contributed by atoms with Crippen LogP contribution in [-0.4, -0.2) is 17.9 Å². The molecule has 1 aliphatic rings. The van der Waals surface area contributed by atoms with Gasteiger partial charge in [-0.15, -0.1) is 0 Å². The Kier molecular flexibility index (Phi) is 6.00. The summed E-state index contributed by atoms with van der Waals surface area (Å²) in [5.41, 5.74) is 0.798. The van der Waals surface area contributed by atoms with Gasteiger partial charge in [0, 0.05) is 22.4 Å². The maximum absolute atomic E-state index is 12.3. The second-order valence-electron chi connectivity index (χ2n) is 6.18. The van der Waals surface area contributed by atoms with Gasteiger partial charge in [0.1, 0.15) is 0 Å². The van der Waals surface area contributed by atoms with Gasteiger partial charge in [0.15, 0.2) is 0 Å². The van der Waals surface area contributed by atoms with Gasteiger partial charge in [-0.05, 0) is 67.6 Å². The molecule has 1 aliphatic carbocycles. The number of hydrogen-bond acceptors (Lipinski definition) is 2. The predicted octanol–water partition coefficient (Wildman–Crippen LogP) is 3.72. The number of rotatable bonds is 4. The molecular weight excluding hydrogens is 344 g/mol. The number of carbonyl (C=O) groups is 2. The standard InChI is InChI=1S/C17H23BrN2O2/c1-11(2)19-16(21)12-7-9-13(10-8-12)17(22)20-15-6-4-3-5-14(15)18/h3-6,11-13H,7-10H2,1-2H3,(H,19,21)(H,20,22). The highest BCUT2D eigenvalue weighted by Gasteiger charge is 2.30. The zero-order valence-electron chi connectivity index (χ0n) is 13.1. The first-order chi connectivity index (χ1) is 10.5. The molecule has 2 N–H and O–H groups in total. The summed E-state index contributed by atoms with van der Waals surface area (Å²) >= 11 is 3.43. The van der Waals surface area contributed by atoms with Crippen LogP contribution in [-0.2, 0) is 9.59 Å². The van der Waals surface area contributed by atoms with Gasteiger partial charge in [-0.1, -0.05) is 12.1 Å². The highest BCUT2D eigenvalue weighted by Crippen LogP contribution is 2.31. The molecule has 2 rings (SSSR count). The lowest BCUT2D eigenvalue weighted by atomic mass is 9.81. The molecule has 0 saturated heterocycles. The third-order valence-electron chi connectivity index (χ3n) is 4.03. The summed E-state index contributed by atoms with van der Waals surface area (Å²) in [6.45, 7) is 3.93. The van der Waals surface area contributed by atoms with Crippen LogP contribution in [0.25, 0.3) is 0 Å². The van der Waals surface area contributed by atoms with Crippen LogP contribution in [0.3, 0.4) is 0 Å². The third kappa shape index (κ3) is 4.57. The van der Waals surface area contributed by atoms with E-state index < -0.39 is 0 Å².